The fraction of sp³-hybridized carbons (Fsp3) is 0.0227. The summed E-state index contributed by atoms with van der Waals surface area (Å²) in [5.74, 6) is 2.34. The molecule has 444 valence electrons. The van der Waals surface area contributed by atoms with Crippen LogP contribution in [0.25, 0.3) is 72.4 Å². The van der Waals surface area contributed by atoms with Crippen molar-refractivity contribution in [2.45, 2.75) is 12.0 Å². The zero-order valence-corrected chi connectivity index (χ0v) is 53.7. The number of anilines is 2. The van der Waals surface area contributed by atoms with Crippen molar-refractivity contribution < 1.29 is 0 Å². The average Bonchev–Trinajstić information content (AvgIpc) is 0.880. The molecule has 0 saturated heterocycles. The maximum atomic E-state index is 6.09. The van der Waals surface area contributed by atoms with Gasteiger partial charge in [-0.3, -0.25) is 4.57 Å². The Labute approximate surface area is 551 Å². The first kappa shape index (κ1) is 56.4. The van der Waals surface area contributed by atoms with E-state index in [1.807, 2.05) is 0 Å². The monoisotopic (exact) mass is 1230 g/mol. The van der Waals surface area contributed by atoms with Gasteiger partial charge < -0.3 is 4.90 Å². The minimum absolute atomic E-state index is 0.0529. The SMILES string of the molecule is C1=CC2c3cc(-c4ccccc4)ccc3N(c3cc(-n4c5ccccc5c5ccccc54)nc(-c4cc([Si](c5ccccc5)(c5ccccc5)c5cccc(-c6ccccc6)c5)cc([Si](c5ccccc5)(c5ccccc5)c5cccc(-c6ccccc6)c5)c4)n3)C2C=C1. The molecule has 0 saturated carbocycles. The summed E-state index contributed by atoms with van der Waals surface area (Å²) in [4.78, 5) is 14.6. The van der Waals surface area contributed by atoms with Crippen LogP contribution in [-0.2, 0) is 0 Å². The molecule has 0 N–H and O–H groups in total. The fourth-order valence-corrected chi connectivity index (χ4v) is 25.3. The Morgan fingerprint density at radius 1 is 0.266 bits per heavy atom. The van der Waals surface area contributed by atoms with Crippen molar-refractivity contribution in [1.82, 2.24) is 14.5 Å². The number of fused-ring (bicyclic) bond motifs is 6. The van der Waals surface area contributed by atoms with E-state index in [-0.39, 0.29) is 12.0 Å². The van der Waals surface area contributed by atoms with Crippen LogP contribution in [0.2, 0.25) is 0 Å². The van der Waals surface area contributed by atoms with Gasteiger partial charge in [-0.25, -0.2) is 9.97 Å². The lowest BCUT2D eigenvalue weighted by atomic mass is 9.90. The van der Waals surface area contributed by atoms with Crippen LogP contribution >= 0.6 is 0 Å². The largest absolute Gasteiger partial charge is 0.318 e. The van der Waals surface area contributed by atoms with Crippen LogP contribution in [0.5, 0.6) is 0 Å². The van der Waals surface area contributed by atoms with Crippen LogP contribution in [0.15, 0.2) is 376 Å². The molecule has 1 aliphatic carbocycles. The molecule has 6 heteroatoms. The Balaban J connectivity index is 1.03. The predicted molar refractivity (Wildman–Crippen MR) is 399 cm³/mol. The van der Waals surface area contributed by atoms with E-state index in [1.165, 1.54) is 91.2 Å². The Morgan fingerprint density at radius 2 is 0.638 bits per heavy atom. The van der Waals surface area contributed by atoms with E-state index in [0.29, 0.717) is 5.82 Å². The number of nitrogens with zero attached hydrogens (tertiary/aromatic N) is 4. The second kappa shape index (κ2) is 23.9. The van der Waals surface area contributed by atoms with Gasteiger partial charge in [0, 0.05) is 34.0 Å². The molecule has 4 nitrogen and oxygen atoms in total. The second-order valence-corrected chi connectivity index (χ2v) is 32.3. The van der Waals surface area contributed by atoms with Gasteiger partial charge in [-0.1, -0.05) is 346 Å². The molecular formula is C88H64N4Si2. The van der Waals surface area contributed by atoms with Gasteiger partial charge in [0.2, 0.25) is 0 Å². The average molecular weight is 1230 g/mol. The van der Waals surface area contributed by atoms with Crippen molar-refractivity contribution >= 4 is 91.0 Å². The first-order chi connectivity index (χ1) is 46.6. The van der Waals surface area contributed by atoms with Crippen LogP contribution < -0.4 is 46.4 Å². The summed E-state index contributed by atoms with van der Waals surface area (Å²) < 4.78 is 2.37. The van der Waals surface area contributed by atoms with Gasteiger partial charge in [-0.05, 0) is 105 Å². The summed E-state index contributed by atoms with van der Waals surface area (Å²) in [6, 6.07) is 131. The topological polar surface area (TPSA) is 34.0 Å². The van der Waals surface area contributed by atoms with E-state index >= 15 is 0 Å². The van der Waals surface area contributed by atoms with Gasteiger partial charge in [0.25, 0.3) is 0 Å². The molecule has 0 spiro atoms. The highest BCUT2D eigenvalue weighted by molar-refractivity contribution is 7.22. The summed E-state index contributed by atoms with van der Waals surface area (Å²) >= 11 is 0. The molecule has 0 fully saturated rings. The number of allylic oxidation sites excluding steroid dienone is 2. The minimum Gasteiger partial charge on any atom is -0.318 e. The Hall–Kier alpha value is -11.5. The number of para-hydroxylation sites is 2. The van der Waals surface area contributed by atoms with E-state index in [0.717, 1.165) is 33.9 Å². The van der Waals surface area contributed by atoms with Crippen molar-refractivity contribution in [2.75, 3.05) is 4.90 Å². The fourth-order valence-electron chi connectivity index (χ4n) is 15.4. The predicted octanol–water partition coefficient (Wildman–Crippen LogP) is 15.7. The molecule has 1 aliphatic heterocycles. The van der Waals surface area contributed by atoms with E-state index in [9.17, 15) is 0 Å². The van der Waals surface area contributed by atoms with Gasteiger partial charge in [0.15, 0.2) is 22.0 Å². The van der Waals surface area contributed by atoms with Crippen molar-refractivity contribution in [1.29, 1.82) is 0 Å². The highest BCUT2D eigenvalue weighted by Crippen LogP contribution is 2.49. The van der Waals surface area contributed by atoms with Crippen molar-refractivity contribution in [3.05, 3.63) is 382 Å². The summed E-state index contributed by atoms with van der Waals surface area (Å²) in [5.41, 5.74) is 12.6. The molecule has 13 aromatic carbocycles. The van der Waals surface area contributed by atoms with Crippen molar-refractivity contribution in [2.24, 2.45) is 0 Å². The van der Waals surface area contributed by atoms with E-state index in [1.54, 1.807) is 0 Å². The number of hydrogen-bond acceptors (Lipinski definition) is 3. The van der Waals surface area contributed by atoms with Crippen LogP contribution in [0.4, 0.5) is 11.5 Å². The summed E-state index contributed by atoms with van der Waals surface area (Å²) in [5, 5.41) is 12.5. The molecular weight excluding hydrogens is 1170 g/mol. The first-order valence-electron chi connectivity index (χ1n) is 32.5. The normalized spacial score (nSPS) is 14.3. The van der Waals surface area contributed by atoms with Gasteiger partial charge in [-0.15, -0.1) is 0 Å². The van der Waals surface area contributed by atoms with Crippen LogP contribution in [0.3, 0.4) is 0 Å². The lowest BCUT2D eigenvalue weighted by Crippen LogP contribution is -2.78. The lowest BCUT2D eigenvalue weighted by molar-refractivity contribution is 0.737. The molecule has 0 amide bonds. The number of hydrogen-bond donors (Lipinski definition) is 0. The number of aromatic nitrogens is 3. The first-order valence-corrected chi connectivity index (χ1v) is 36.5. The number of rotatable bonds is 14. The summed E-state index contributed by atoms with van der Waals surface area (Å²) in [6.07, 6.45) is 9.15. The molecule has 3 heterocycles. The molecule has 0 bridgehead atoms. The van der Waals surface area contributed by atoms with Gasteiger partial charge in [0.1, 0.15) is 11.6 Å². The van der Waals surface area contributed by atoms with Crippen LogP contribution in [-0.4, -0.2) is 36.7 Å². The quantitative estimate of drug-likeness (QED) is 0.0804. The van der Waals surface area contributed by atoms with E-state index in [2.05, 4.69) is 386 Å². The van der Waals surface area contributed by atoms with Gasteiger partial charge in [-0.2, -0.15) is 0 Å². The second-order valence-electron chi connectivity index (χ2n) is 24.7. The molecule has 2 aliphatic rings. The molecule has 17 rings (SSSR count). The van der Waals surface area contributed by atoms with E-state index < -0.39 is 16.1 Å². The standard InChI is InChI=1S/C88H64N4Si2/c1-8-30-63(31-9-1)66-36-28-46-74(56-66)93(70-38-14-4-15-39-70,71-40-16-5-17-41-71)76-58-69(59-77(61-76)94(72-42-18-6-19-43-72,73-44-20-7-21-45-73)75-47-29-37-67(57-75)64-32-10-2-11-33-64)88-89-86(91-82-51-25-22-48-78(82)79-49-23-26-52-83(79)91)62-87(90-88)92-84-53-27-24-50-80(84)81-60-68(54-55-85(81)92)65-34-12-3-13-35-65/h1-62,80,84H. The highest BCUT2D eigenvalue weighted by atomic mass is 28.3. The summed E-state index contributed by atoms with van der Waals surface area (Å²) in [6.45, 7) is 0. The molecule has 2 aromatic heterocycles. The molecule has 2 unspecified atom stereocenters. The molecule has 15 aromatic rings. The summed E-state index contributed by atoms with van der Waals surface area (Å²) in [7, 11) is -6.91. The third kappa shape index (κ3) is 9.56. The molecule has 94 heavy (non-hydrogen) atoms. The lowest BCUT2D eigenvalue weighted by Gasteiger charge is -2.38. The highest BCUT2D eigenvalue weighted by Gasteiger charge is 2.47. The zero-order valence-electron chi connectivity index (χ0n) is 51.7. The third-order valence-corrected chi connectivity index (χ3v) is 29.1. The van der Waals surface area contributed by atoms with Crippen molar-refractivity contribution in [3.8, 4) is 50.6 Å². The van der Waals surface area contributed by atoms with Crippen LogP contribution in [0, 0.1) is 0 Å². The zero-order chi connectivity index (χ0) is 62.4. The molecule has 2 atom stereocenters. The van der Waals surface area contributed by atoms with Gasteiger partial charge >= 0.3 is 0 Å². The Bertz CT molecular complexity index is 5010. The number of benzene rings is 13. The maximum absolute atomic E-state index is 6.09. The molecule has 0 radical (unpaired) electrons. The Morgan fingerprint density at radius 3 is 1.11 bits per heavy atom. The smallest absolute Gasteiger partial charge is 0.179 e. The third-order valence-electron chi connectivity index (χ3n) is 19.6. The van der Waals surface area contributed by atoms with Crippen LogP contribution in [0.1, 0.15) is 11.5 Å². The van der Waals surface area contributed by atoms with E-state index in [4.69, 9.17) is 9.97 Å². The van der Waals surface area contributed by atoms with Gasteiger partial charge in [0.05, 0.1) is 17.1 Å². The Kier molecular flexibility index (Phi) is 14.4. The maximum Gasteiger partial charge on any atom is 0.179 e. The minimum atomic E-state index is -3.45. The van der Waals surface area contributed by atoms with Crippen molar-refractivity contribution in [3.63, 3.8) is 0 Å².